The van der Waals surface area contributed by atoms with Crippen molar-refractivity contribution in [1.29, 1.82) is 0 Å². The van der Waals surface area contributed by atoms with Gasteiger partial charge in [0.15, 0.2) is 0 Å². The fourth-order valence-corrected chi connectivity index (χ4v) is 2.49. The quantitative estimate of drug-likeness (QED) is 0.736. The van der Waals surface area contributed by atoms with E-state index < -0.39 is 0 Å². The fraction of sp³-hybridized carbons (Fsp3) is 0.467. The molecule has 0 bridgehead atoms. The van der Waals surface area contributed by atoms with Crippen molar-refractivity contribution in [2.24, 2.45) is 0 Å². The summed E-state index contributed by atoms with van der Waals surface area (Å²) in [7, 11) is 1.70. The molecule has 2 heteroatoms. The maximum atomic E-state index is 5.19. The molecule has 0 spiro atoms. The number of hydrogen-bond acceptors (Lipinski definition) is 2. The number of nitrogens with zero attached hydrogens (tertiary/aromatic N) is 1. The van der Waals surface area contributed by atoms with Crippen molar-refractivity contribution in [3.8, 4) is 5.75 Å². The van der Waals surface area contributed by atoms with Crippen molar-refractivity contribution in [3.05, 3.63) is 42.5 Å². The lowest BCUT2D eigenvalue weighted by molar-refractivity contribution is 0.192. The molecule has 2 rings (SSSR count). The molecule has 0 aliphatic carbocycles. The molecule has 1 fully saturated rings. The van der Waals surface area contributed by atoms with E-state index in [-0.39, 0.29) is 0 Å². The molecule has 2 nitrogen and oxygen atoms in total. The Morgan fingerprint density at radius 1 is 1.18 bits per heavy atom. The van der Waals surface area contributed by atoms with Crippen LogP contribution >= 0.6 is 0 Å². The van der Waals surface area contributed by atoms with E-state index in [2.05, 4.69) is 23.6 Å². The minimum Gasteiger partial charge on any atom is -0.497 e. The number of piperidine rings is 1. The van der Waals surface area contributed by atoms with Gasteiger partial charge in [-0.25, -0.2) is 0 Å². The van der Waals surface area contributed by atoms with E-state index in [1.807, 2.05) is 18.2 Å². The summed E-state index contributed by atoms with van der Waals surface area (Å²) < 4.78 is 5.19. The summed E-state index contributed by atoms with van der Waals surface area (Å²) in [4.78, 5) is 2.51. The first-order chi connectivity index (χ1) is 8.35. The normalized spacial score (nSPS) is 18.6. The third-order valence-electron chi connectivity index (χ3n) is 3.46. The summed E-state index contributed by atoms with van der Waals surface area (Å²) in [5, 5.41) is 0. The van der Waals surface area contributed by atoms with Gasteiger partial charge in [0.1, 0.15) is 5.75 Å². The van der Waals surface area contributed by atoms with Gasteiger partial charge in [-0.15, -0.1) is 6.58 Å². The van der Waals surface area contributed by atoms with Crippen LogP contribution in [0.1, 0.15) is 30.9 Å². The van der Waals surface area contributed by atoms with Gasteiger partial charge in [-0.3, -0.25) is 4.90 Å². The van der Waals surface area contributed by atoms with E-state index in [1.165, 1.54) is 37.9 Å². The predicted octanol–water partition coefficient (Wildman–Crippen LogP) is 3.41. The smallest absolute Gasteiger partial charge is 0.118 e. The maximum Gasteiger partial charge on any atom is 0.118 e. The molecule has 0 N–H and O–H groups in total. The Morgan fingerprint density at radius 3 is 2.35 bits per heavy atom. The van der Waals surface area contributed by atoms with Crippen molar-refractivity contribution in [2.45, 2.75) is 25.3 Å². The number of methoxy groups -OCH3 is 1. The third-order valence-corrected chi connectivity index (χ3v) is 3.46. The van der Waals surface area contributed by atoms with Gasteiger partial charge in [0, 0.05) is 0 Å². The number of hydrogen-bond donors (Lipinski definition) is 0. The Labute approximate surface area is 104 Å². The first kappa shape index (κ1) is 12.2. The van der Waals surface area contributed by atoms with Crippen LogP contribution in [0, 0.1) is 0 Å². The lowest BCUT2D eigenvalue weighted by Gasteiger charge is -2.33. The van der Waals surface area contributed by atoms with Gasteiger partial charge in [-0.1, -0.05) is 24.6 Å². The molecule has 1 unspecified atom stereocenters. The summed E-state index contributed by atoms with van der Waals surface area (Å²) in [6.45, 7) is 6.35. The van der Waals surface area contributed by atoms with Crippen LogP contribution < -0.4 is 4.74 Å². The Hall–Kier alpha value is -1.28. The molecule has 0 aromatic heterocycles. The molecule has 1 aromatic carbocycles. The van der Waals surface area contributed by atoms with E-state index in [9.17, 15) is 0 Å². The average Bonchev–Trinajstić information content (AvgIpc) is 2.42. The predicted molar refractivity (Wildman–Crippen MR) is 71.4 cm³/mol. The highest BCUT2D eigenvalue weighted by Crippen LogP contribution is 2.26. The molecule has 0 radical (unpaired) electrons. The SMILES string of the molecule is C=CC(c1ccc(OC)cc1)N1CCCCC1. The van der Waals surface area contributed by atoms with Crippen LogP contribution in [0.2, 0.25) is 0 Å². The van der Waals surface area contributed by atoms with Crippen molar-refractivity contribution < 1.29 is 4.74 Å². The van der Waals surface area contributed by atoms with Crippen molar-refractivity contribution in [3.63, 3.8) is 0 Å². The molecular weight excluding hydrogens is 210 g/mol. The molecule has 1 heterocycles. The van der Waals surface area contributed by atoms with Gasteiger partial charge in [0.25, 0.3) is 0 Å². The van der Waals surface area contributed by atoms with Crippen molar-refractivity contribution in [2.75, 3.05) is 20.2 Å². The van der Waals surface area contributed by atoms with E-state index in [4.69, 9.17) is 4.74 Å². The van der Waals surface area contributed by atoms with Gasteiger partial charge >= 0.3 is 0 Å². The maximum absolute atomic E-state index is 5.19. The second-order valence-corrected chi connectivity index (χ2v) is 4.55. The Kier molecular flexibility index (Phi) is 4.21. The van der Waals surface area contributed by atoms with Gasteiger partial charge in [-0.2, -0.15) is 0 Å². The third kappa shape index (κ3) is 2.89. The van der Waals surface area contributed by atoms with Crippen LogP contribution in [0.25, 0.3) is 0 Å². The number of rotatable bonds is 4. The highest BCUT2D eigenvalue weighted by molar-refractivity contribution is 5.30. The van der Waals surface area contributed by atoms with Gasteiger partial charge < -0.3 is 4.74 Å². The van der Waals surface area contributed by atoms with E-state index in [1.54, 1.807) is 7.11 Å². The molecular formula is C15H21NO. The standard InChI is InChI=1S/C15H21NO/c1-3-15(16-11-5-4-6-12-16)13-7-9-14(17-2)10-8-13/h3,7-10,15H,1,4-6,11-12H2,2H3. The largest absolute Gasteiger partial charge is 0.497 e. The molecule has 0 saturated carbocycles. The summed E-state index contributed by atoms with van der Waals surface area (Å²) >= 11 is 0. The first-order valence-corrected chi connectivity index (χ1v) is 6.35. The Bertz CT molecular complexity index is 352. The highest BCUT2D eigenvalue weighted by Gasteiger charge is 2.19. The summed E-state index contributed by atoms with van der Waals surface area (Å²) in [5.41, 5.74) is 1.31. The molecule has 1 aliphatic rings. The summed E-state index contributed by atoms with van der Waals surface area (Å²) in [6.07, 6.45) is 6.02. The van der Waals surface area contributed by atoms with Gasteiger partial charge in [0.05, 0.1) is 13.2 Å². The monoisotopic (exact) mass is 231 g/mol. The minimum atomic E-state index is 0.348. The van der Waals surface area contributed by atoms with Crippen molar-refractivity contribution >= 4 is 0 Å². The molecule has 1 saturated heterocycles. The fourth-order valence-electron chi connectivity index (χ4n) is 2.49. The average molecular weight is 231 g/mol. The molecule has 1 aromatic rings. The highest BCUT2D eigenvalue weighted by atomic mass is 16.5. The van der Waals surface area contributed by atoms with Crippen LogP contribution in [-0.4, -0.2) is 25.1 Å². The summed E-state index contributed by atoms with van der Waals surface area (Å²) in [5.74, 6) is 0.912. The molecule has 1 aliphatic heterocycles. The lowest BCUT2D eigenvalue weighted by atomic mass is 10.0. The Morgan fingerprint density at radius 2 is 1.82 bits per heavy atom. The van der Waals surface area contributed by atoms with Gasteiger partial charge in [-0.05, 0) is 43.6 Å². The summed E-state index contributed by atoms with van der Waals surface area (Å²) in [6, 6.07) is 8.67. The zero-order valence-electron chi connectivity index (χ0n) is 10.6. The van der Waals surface area contributed by atoms with E-state index in [0.29, 0.717) is 6.04 Å². The van der Waals surface area contributed by atoms with Crippen LogP contribution in [0.4, 0.5) is 0 Å². The topological polar surface area (TPSA) is 12.5 Å². The number of likely N-dealkylation sites (tertiary alicyclic amines) is 1. The molecule has 0 amide bonds. The second-order valence-electron chi connectivity index (χ2n) is 4.55. The Balaban J connectivity index is 2.12. The molecule has 92 valence electrons. The van der Waals surface area contributed by atoms with Crippen LogP contribution in [0.15, 0.2) is 36.9 Å². The number of benzene rings is 1. The second kappa shape index (κ2) is 5.87. The van der Waals surface area contributed by atoms with E-state index >= 15 is 0 Å². The van der Waals surface area contributed by atoms with Crippen LogP contribution in [-0.2, 0) is 0 Å². The number of ether oxygens (including phenoxy) is 1. The minimum absolute atomic E-state index is 0.348. The van der Waals surface area contributed by atoms with Crippen LogP contribution in [0.5, 0.6) is 5.75 Å². The molecule has 17 heavy (non-hydrogen) atoms. The lowest BCUT2D eigenvalue weighted by Crippen LogP contribution is -2.32. The van der Waals surface area contributed by atoms with Crippen LogP contribution in [0.3, 0.4) is 0 Å². The van der Waals surface area contributed by atoms with E-state index in [0.717, 1.165) is 5.75 Å². The zero-order chi connectivity index (χ0) is 12.1. The first-order valence-electron chi connectivity index (χ1n) is 6.35. The molecule has 1 atom stereocenters. The van der Waals surface area contributed by atoms with Crippen molar-refractivity contribution in [1.82, 2.24) is 4.90 Å². The zero-order valence-corrected chi connectivity index (χ0v) is 10.6. The van der Waals surface area contributed by atoms with Gasteiger partial charge in [0.2, 0.25) is 0 Å².